The quantitative estimate of drug-likeness (QED) is 0.562. The Labute approximate surface area is 121 Å². The van der Waals surface area contributed by atoms with Crippen LogP contribution in [-0.4, -0.2) is 33.3 Å². The minimum atomic E-state index is -3.53. The maximum atomic E-state index is 11.7. The topological polar surface area (TPSA) is 75.6 Å². The number of benzene rings is 1. The zero-order valence-electron chi connectivity index (χ0n) is 11.6. The zero-order valence-corrected chi connectivity index (χ0v) is 12.4. The molecule has 20 heavy (non-hydrogen) atoms. The fraction of sp³-hybridized carbons (Fsp3) is 0.429. The molecule has 0 saturated heterocycles. The molecule has 0 atom stereocenters. The summed E-state index contributed by atoms with van der Waals surface area (Å²) in [6, 6.07) is 6.23. The van der Waals surface area contributed by atoms with Gasteiger partial charge in [0.1, 0.15) is 5.75 Å². The number of unbranched alkanes of at least 4 members (excludes halogenated alkanes) is 1. The van der Waals surface area contributed by atoms with E-state index in [0.29, 0.717) is 12.4 Å². The van der Waals surface area contributed by atoms with E-state index in [0.717, 1.165) is 12.8 Å². The first-order valence-electron chi connectivity index (χ1n) is 6.27. The fourth-order valence-electron chi connectivity index (χ4n) is 1.31. The molecule has 112 valence electrons. The molecule has 0 spiro atoms. The largest absolute Gasteiger partial charge is 0.494 e. The lowest BCUT2D eigenvalue weighted by atomic mass is 10.3. The number of rotatable bonds is 8. The van der Waals surface area contributed by atoms with Crippen molar-refractivity contribution in [2.75, 3.05) is 19.8 Å². The van der Waals surface area contributed by atoms with Crippen LogP contribution in [0.25, 0.3) is 0 Å². The second kappa shape index (κ2) is 10.3. The Kier molecular flexibility index (Phi) is 9.47. The third kappa shape index (κ3) is 6.57. The molecule has 6 heteroatoms. The van der Waals surface area contributed by atoms with Crippen LogP contribution < -0.4 is 9.46 Å². The minimum absolute atomic E-state index is 0.0110. The highest BCUT2D eigenvalue weighted by atomic mass is 32.2. The van der Waals surface area contributed by atoms with Gasteiger partial charge < -0.3 is 9.84 Å². The maximum Gasteiger partial charge on any atom is 0.240 e. The molecule has 1 rings (SSSR count). The molecule has 0 unspecified atom stereocenters. The van der Waals surface area contributed by atoms with Gasteiger partial charge in [0.05, 0.1) is 18.1 Å². The van der Waals surface area contributed by atoms with Gasteiger partial charge in [0, 0.05) is 6.54 Å². The first-order valence-corrected chi connectivity index (χ1v) is 7.75. The molecule has 0 heterocycles. The first-order chi connectivity index (χ1) is 9.60. The molecule has 0 aliphatic heterocycles. The Hall–Kier alpha value is -1.55. The van der Waals surface area contributed by atoms with E-state index >= 15 is 0 Å². The lowest BCUT2D eigenvalue weighted by Gasteiger charge is -2.07. The van der Waals surface area contributed by atoms with Crippen molar-refractivity contribution < 1.29 is 18.3 Å². The van der Waals surface area contributed by atoms with Crippen LogP contribution in [0.1, 0.15) is 19.8 Å². The molecule has 0 bridgehead atoms. The van der Waals surface area contributed by atoms with E-state index < -0.39 is 10.0 Å². The van der Waals surface area contributed by atoms with E-state index in [-0.39, 0.29) is 18.0 Å². The monoisotopic (exact) mass is 299 g/mol. The average molecular weight is 299 g/mol. The molecule has 0 aliphatic rings. The molecule has 1 aromatic rings. The van der Waals surface area contributed by atoms with Crippen LogP contribution in [0.2, 0.25) is 0 Å². The Morgan fingerprint density at radius 3 is 2.35 bits per heavy atom. The highest BCUT2D eigenvalue weighted by molar-refractivity contribution is 7.89. The van der Waals surface area contributed by atoms with E-state index in [1.165, 1.54) is 12.1 Å². The summed E-state index contributed by atoms with van der Waals surface area (Å²) in [5.41, 5.74) is 0. The number of aliphatic hydroxyl groups is 1. The van der Waals surface area contributed by atoms with Crippen molar-refractivity contribution >= 4 is 10.0 Å². The van der Waals surface area contributed by atoms with E-state index in [2.05, 4.69) is 24.5 Å². The first kappa shape index (κ1) is 18.4. The van der Waals surface area contributed by atoms with E-state index in [1.54, 1.807) is 12.1 Å². The number of hydrogen-bond acceptors (Lipinski definition) is 4. The van der Waals surface area contributed by atoms with Gasteiger partial charge in [-0.1, -0.05) is 13.3 Å². The Morgan fingerprint density at radius 2 is 1.85 bits per heavy atom. The Balaban J connectivity index is 0.00000172. The molecule has 0 aliphatic carbocycles. The number of hydrogen-bond donors (Lipinski definition) is 2. The van der Waals surface area contributed by atoms with Crippen LogP contribution in [0, 0.1) is 12.8 Å². The standard InChI is InChI=1S/C12H19NO4S.C2H2/c1-2-3-10-17-11-4-6-12(7-5-11)18(15,16)13-8-9-14;1-2/h4-7,13-14H,2-3,8-10H2,1H3;1-2H. The minimum Gasteiger partial charge on any atom is -0.494 e. The van der Waals surface area contributed by atoms with Gasteiger partial charge >= 0.3 is 0 Å². The van der Waals surface area contributed by atoms with E-state index in [9.17, 15) is 8.42 Å². The molecule has 0 amide bonds. The van der Waals surface area contributed by atoms with Crippen molar-refractivity contribution in [3.63, 3.8) is 0 Å². The second-order valence-electron chi connectivity index (χ2n) is 3.79. The van der Waals surface area contributed by atoms with Gasteiger partial charge in [0.15, 0.2) is 0 Å². The molecular weight excluding hydrogens is 278 g/mol. The second-order valence-corrected chi connectivity index (χ2v) is 5.56. The molecule has 0 saturated carbocycles. The molecule has 2 N–H and O–H groups in total. The van der Waals surface area contributed by atoms with Gasteiger partial charge in [0.25, 0.3) is 0 Å². The molecule has 0 radical (unpaired) electrons. The van der Waals surface area contributed by atoms with Crippen molar-refractivity contribution in [2.45, 2.75) is 24.7 Å². The van der Waals surface area contributed by atoms with Gasteiger partial charge in [-0.05, 0) is 30.7 Å². The fourth-order valence-corrected chi connectivity index (χ4v) is 2.33. The van der Waals surface area contributed by atoms with Crippen LogP contribution in [0.4, 0.5) is 0 Å². The SMILES string of the molecule is C#C.CCCCOc1ccc(S(=O)(=O)NCCO)cc1. The van der Waals surface area contributed by atoms with Crippen LogP contribution in [0.3, 0.4) is 0 Å². The van der Waals surface area contributed by atoms with Gasteiger partial charge in [0.2, 0.25) is 10.0 Å². The average Bonchev–Trinajstić information content (AvgIpc) is 2.48. The van der Waals surface area contributed by atoms with Crippen molar-refractivity contribution in [1.29, 1.82) is 0 Å². The van der Waals surface area contributed by atoms with Crippen LogP contribution in [0.5, 0.6) is 5.75 Å². The summed E-state index contributed by atoms with van der Waals surface area (Å²) in [5, 5.41) is 8.59. The summed E-state index contributed by atoms with van der Waals surface area (Å²) in [6.07, 6.45) is 10.0. The third-order valence-corrected chi connectivity index (χ3v) is 3.78. The molecular formula is C14H21NO4S. The van der Waals surface area contributed by atoms with Crippen LogP contribution in [0.15, 0.2) is 29.2 Å². The molecule has 5 nitrogen and oxygen atoms in total. The Morgan fingerprint density at radius 1 is 1.25 bits per heavy atom. The highest BCUT2D eigenvalue weighted by Crippen LogP contribution is 2.16. The maximum absolute atomic E-state index is 11.7. The lowest BCUT2D eigenvalue weighted by Crippen LogP contribution is -2.26. The third-order valence-electron chi connectivity index (χ3n) is 2.30. The molecule has 1 aromatic carbocycles. The molecule has 0 fully saturated rings. The van der Waals surface area contributed by atoms with Crippen LogP contribution in [-0.2, 0) is 10.0 Å². The van der Waals surface area contributed by atoms with Crippen molar-refractivity contribution in [2.24, 2.45) is 0 Å². The number of sulfonamides is 1. The smallest absolute Gasteiger partial charge is 0.240 e. The number of ether oxygens (including phenoxy) is 1. The normalized spacial score (nSPS) is 10.4. The summed E-state index contributed by atoms with van der Waals surface area (Å²) in [7, 11) is -3.53. The van der Waals surface area contributed by atoms with Crippen molar-refractivity contribution in [3.8, 4) is 18.6 Å². The van der Waals surface area contributed by atoms with Gasteiger partial charge in [-0.25, -0.2) is 13.1 Å². The van der Waals surface area contributed by atoms with Gasteiger partial charge in [-0.15, -0.1) is 12.8 Å². The lowest BCUT2D eigenvalue weighted by molar-refractivity contribution is 0.301. The number of aliphatic hydroxyl groups excluding tert-OH is 1. The van der Waals surface area contributed by atoms with Crippen LogP contribution >= 0.6 is 0 Å². The Bertz CT molecular complexity index is 480. The predicted octanol–water partition coefficient (Wildman–Crippen LogP) is 1.39. The van der Waals surface area contributed by atoms with Crippen molar-refractivity contribution in [3.05, 3.63) is 24.3 Å². The summed E-state index contributed by atoms with van der Waals surface area (Å²) in [5.74, 6) is 0.657. The van der Waals surface area contributed by atoms with E-state index in [4.69, 9.17) is 9.84 Å². The number of terminal acetylenes is 1. The summed E-state index contributed by atoms with van der Waals surface area (Å²) in [4.78, 5) is 0.166. The zero-order chi connectivity index (χ0) is 15.4. The summed E-state index contributed by atoms with van der Waals surface area (Å²) >= 11 is 0. The predicted molar refractivity (Wildman–Crippen MR) is 79.0 cm³/mol. The number of nitrogens with one attached hydrogen (secondary N) is 1. The summed E-state index contributed by atoms with van der Waals surface area (Å²) in [6.45, 7) is 2.49. The molecule has 0 aromatic heterocycles. The highest BCUT2D eigenvalue weighted by Gasteiger charge is 2.12. The summed E-state index contributed by atoms with van der Waals surface area (Å²) < 4.78 is 31.1. The van der Waals surface area contributed by atoms with Crippen molar-refractivity contribution in [1.82, 2.24) is 4.72 Å². The van der Waals surface area contributed by atoms with E-state index in [1.807, 2.05) is 0 Å². The van der Waals surface area contributed by atoms with Gasteiger partial charge in [-0.2, -0.15) is 0 Å². The van der Waals surface area contributed by atoms with Gasteiger partial charge in [-0.3, -0.25) is 0 Å².